The van der Waals surface area contributed by atoms with Gasteiger partial charge in [-0.15, -0.1) is 0 Å². The number of hydrogen-bond acceptors (Lipinski definition) is 4. The Balaban J connectivity index is 3.71. The first-order valence-corrected chi connectivity index (χ1v) is 6.97. The maximum atomic E-state index is 4.72. The van der Waals surface area contributed by atoms with E-state index in [1.165, 1.54) is 0 Å². The average molecular weight is 319 g/mol. The van der Waals surface area contributed by atoms with Crippen LogP contribution in [0.3, 0.4) is 0 Å². The maximum absolute atomic E-state index is 4.72. The third-order valence-electron chi connectivity index (χ3n) is 1.06. The van der Waals surface area contributed by atoms with Crippen molar-refractivity contribution in [2.45, 2.75) is 19.1 Å². The van der Waals surface area contributed by atoms with Crippen molar-refractivity contribution in [1.29, 1.82) is 0 Å². The van der Waals surface area contributed by atoms with Gasteiger partial charge in [-0.05, 0) is 11.5 Å². The summed E-state index contributed by atoms with van der Waals surface area (Å²) in [5.41, 5.74) is 1.12. The molecule has 0 aliphatic rings. The summed E-state index contributed by atoms with van der Waals surface area (Å²) in [7, 11) is 0. The van der Waals surface area contributed by atoms with E-state index in [-0.39, 0.29) is 0 Å². The van der Waals surface area contributed by atoms with E-state index in [0.717, 1.165) is 17.2 Å². The number of oxime groups is 1. The number of thioether (sulfide) groups is 2. The summed E-state index contributed by atoms with van der Waals surface area (Å²) >= 11 is 5.46. The van der Waals surface area contributed by atoms with Gasteiger partial charge in [-0.1, -0.05) is 19.0 Å². The third kappa shape index (κ3) is 7.54. The topological polar surface area (TPSA) is 21.6 Å². The molecule has 5 heteroatoms. The van der Waals surface area contributed by atoms with Crippen LogP contribution in [0.2, 0.25) is 0 Å². The van der Waals surface area contributed by atoms with Gasteiger partial charge >= 0.3 is 0 Å². The lowest BCUT2D eigenvalue weighted by Crippen LogP contribution is -2.07. The summed E-state index contributed by atoms with van der Waals surface area (Å²) in [5.74, 6) is 1.93. The zero-order chi connectivity index (χ0) is 9.40. The van der Waals surface area contributed by atoms with E-state index >= 15 is 0 Å². The molecule has 0 saturated heterocycles. The van der Waals surface area contributed by atoms with Crippen molar-refractivity contribution in [3.63, 3.8) is 0 Å². The molecular formula is C7H14INOS2. The third-order valence-corrected chi connectivity index (χ3v) is 3.04. The fourth-order valence-corrected chi connectivity index (χ4v) is 2.15. The zero-order valence-corrected chi connectivity index (χ0v) is 11.3. The highest BCUT2D eigenvalue weighted by atomic mass is 127. The fraction of sp³-hybridized carbons (Fsp3) is 0.857. The molecule has 0 aliphatic heterocycles. The normalized spacial score (nSPS) is 12.2. The van der Waals surface area contributed by atoms with Crippen LogP contribution in [0.25, 0.3) is 0 Å². The highest BCUT2D eigenvalue weighted by Gasteiger charge is 2.02. The molecule has 72 valence electrons. The second-order valence-electron chi connectivity index (χ2n) is 2.52. The molecule has 0 aromatic rings. The monoisotopic (exact) mass is 319 g/mol. The molecule has 0 N–H and O–H groups in total. The molecule has 0 bridgehead atoms. The van der Waals surface area contributed by atoms with E-state index in [2.05, 4.69) is 25.3 Å². The van der Waals surface area contributed by atoms with Crippen LogP contribution in [-0.2, 0) is 3.17 Å². The Hall–Kier alpha value is 0.900. The van der Waals surface area contributed by atoms with Gasteiger partial charge in [0.1, 0.15) is 0 Å². The molecule has 0 heterocycles. The van der Waals surface area contributed by atoms with Gasteiger partial charge in [0.25, 0.3) is 0 Å². The fourth-order valence-electron chi connectivity index (χ4n) is 0.573. The Morgan fingerprint density at radius 1 is 1.50 bits per heavy atom. The van der Waals surface area contributed by atoms with E-state index in [9.17, 15) is 0 Å². The molecule has 0 saturated carbocycles. The molecule has 0 spiro atoms. The smallest absolute Gasteiger partial charge is 0.230 e. The van der Waals surface area contributed by atoms with Gasteiger partial charge in [0.2, 0.25) is 23.0 Å². The molecule has 0 aromatic heterocycles. The standard InChI is InChI=1S/C7H14INOS2/c1-6(2)12-5-7(4-11-3)9-10-8/h6H,4-5H2,1-3H3/b9-7-. The molecule has 0 aromatic carbocycles. The van der Waals surface area contributed by atoms with E-state index in [1.54, 1.807) is 34.8 Å². The van der Waals surface area contributed by atoms with Gasteiger partial charge in [0.15, 0.2) is 0 Å². The molecule has 0 amide bonds. The summed E-state index contributed by atoms with van der Waals surface area (Å²) in [5, 5.41) is 4.61. The predicted molar refractivity (Wildman–Crippen MR) is 68.5 cm³/mol. The van der Waals surface area contributed by atoms with Crippen LogP contribution in [0.1, 0.15) is 13.8 Å². The second-order valence-corrected chi connectivity index (χ2v) is 5.34. The minimum atomic E-state index is 0.659. The van der Waals surface area contributed by atoms with E-state index in [0.29, 0.717) is 5.25 Å². The summed E-state index contributed by atoms with van der Waals surface area (Å²) in [4.78, 5) is 0. The lowest BCUT2D eigenvalue weighted by Gasteiger charge is -2.05. The summed E-state index contributed by atoms with van der Waals surface area (Å²) < 4.78 is 4.72. The van der Waals surface area contributed by atoms with Crippen LogP contribution in [0, 0.1) is 0 Å². The van der Waals surface area contributed by atoms with Crippen molar-refractivity contribution in [2.75, 3.05) is 17.8 Å². The van der Waals surface area contributed by atoms with Crippen molar-refractivity contribution in [2.24, 2.45) is 5.16 Å². The van der Waals surface area contributed by atoms with Crippen molar-refractivity contribution >= 4 is 52.2 Å². The van der Waals surface area contributed by atoms with Crippen molar-refractivity contribution in [3.8, 4) is 0 Å². The molecule has 0 aliphatic carbocycles. The van der Waals surface area contributed by atoms with Crippen LogP contribution in [-0.4, -0.2) is 28.7 Å². The highest BCUT2D eigenvalue weighted by Crippen LogP contribution is 2.11. The van der Waals surface area contributed by atoms with Gasteiger partial charge in [-0.2, -0.15) is 23.5 Å². The average Bonchev–Trinajstić information content (AvgIpc) is 2.01. The van der Waals surface area contributed by atoms with Crippen LogP contribution in [0.5, 0.6) is 0 Å². The number of nitrogens with zero attached hydrogens (tertiary/aromatic N) is 1. The molecule has 0 radical (unpaired) electrons. The van der Waals surface area contributed by atoms with Crippen LogP contribution in [0.4, 0.5) is 0 Å². The number of hydrogen-bond donors (Lipinski definition) is 0. The summed E-state index contributed by atoms with van der Waals surface area (Å²) in [6.45, 7) is 4.37. The van der Waals surface area contributed by atoms with Crippen molar-refractivity contribution < 1.29 is 3.17 Å². The summed E-state index contributed by atoms with van der Waals surface area (Å²) in [6, 6.07) is 0. The van der Waals surface area contributed by atoms with Gasteiger partial charge in [0, 0.05) is 11.5 Å². The quantitative estimate of drug-likeness (QED) is 0.426. The zero-order valence-electron chi connectivity index (χ0n) is 7.54. The minimum absolute atomic E-state index is 0.659. The first-order chi connectivity index (χ1) is 5.70. The predicted octanol–water partition coefficient (Wildman–Crippen LogP) is 3.21. The molecule has 2 nitrogen and oxygen atoms in total. The van der Waals surface area contributed by atoms with E-state index < -0.39 is 0 Å². The van der Waals surface area contributed by atoms with Crippen LogP contribution >= 0.6 is 46.5 Å². The first-order valence-electron chi connectivity index (χ1n) is 3.64. The van der Waals surface area contributed by atoms with Gasteiger partial charge in [-0.3, -0.25) is 0 Å². The lowest BCUT2D eigenvalue weighted by atomic mass is 10.5. The molecule has 0 fully saturated rings. The Morgan fingerprint density at radius 2 is 2.17 bits per heavy atom. The first kappa shape index (κ1) is 12.9. The van der Waals surface area contributed by atoms with Gasteiger partial charge < -0.3 is 3.17 Å². The Morgan fingerprint density at radius 3 is 2.58 bits per heavy atom. The minimum Gasteiger partial charge on any atom is -0.327 e. The van der Waals surface area contributed by atoms with Crippen LogP contribution in [0.15, 0.2) is 5.16 Å². The molecule has 0 atom stereocenters. The lowest BCUT2D eigenvalue weighted by molar-refractivity contribution is 0.464. The SMILES string of the molecule is CSC/C(CSC(C)C)=N/OI. The van der Waals surface area contributed by atoms with Crippen molar-refractivity contribution in [1.82, 2.24) is 0 Å². The molecule has 0 rings (SSSR count). The Labute approximate surface area is 97.0 Å². The summed E-state index contributed by atoms with van der Waals surface area (Å²) in [6.07, 6.45) is 2.07. The number of halogens is 1. The largest absolute Gasteiger partial charge is 0.327 e. The van der Waals surface area contributed by atoms with E-state index in [4.69, 9.17) is 3.17 Å². The molecule has 0 unspecified atom stereocenters. The maximum Gasteiger partial charge on any atom is 0.230 e. The second kappa shape index (κ2) is 8.50. The van der Waals surface area contributed by atoms with Crippen LogP contribution < -0.4 is 0 Å². The van der Waals surface area contributed by atoms with E-state index in [1.807, 2.05) is 11.8 Å². The number of rotatable bonds is 6. The van der Waals surface area contributed by atoms with Gasteiger partial charge in [0.05, 0.1) is 5.71 Å². The molecular weight excluding hydrogens is 305 g/mol. The highest BCUT2D eigenvalue weighted by molar-refractivity contribution is 14.1. The Bertz CT molecular complexity index is 141. The molecule has 12 heavy (non-hydrogen) atoms. The van der Waals surface area contributed by atoms with Crippen molar-refractivity contribution in [3.05, 3.63) is 0 Å². The van der Waals surface area contributed by atoms with Gasteiger partial charge in [-0.25, -0.2) is 0 Å². The Kier molecular flexibility index (Phi) is 9.13.